The first-order valence-corrected chi connectivity index (χ1v) is 10.2. The number of rotatable bonds is 4. The van der Waals surface area contributed by atoms with Crippen LogP contribution >= 0.6 is 0 Å². The first-order valence-electron chi connectivity index (χ1n) is 10.2. The minimum absolute atomic E-state index is 0.0277. The Morgan fingerprint density at radius 1 is 0.933 bits per heavy atom. The van der Waals surface area contributed by atoms with Crippen LogP contribution in [0.1, 0.15) is 46.3 Å². The van der Waals surface area contributed by atoms with Gasteiger partial charge in [0.2, 0.25) is 0 Å². The van der Waals surface area contributed by atoms with Crippen LogP contribution in [0.2, 0.25) is 0 Å². The van der Waals surface area contributed by atoms with Crippen molar-refractivity contribution in [3.8, 4) is 11.5 Å². The Morgan fingerprint density at radius 3 is 2.37 bits per heavy atom. The number of anilines is 1. The van der Waals surface area contributed by atoms with Gasteiger partial charge in [0.25, 0.3) is 5.91 Å². The fourth-order valence-corrected chi connectivity index (χ4v) is 4.40. The summed E-state index contributed by atoms with van der Waals surface area (Å²) in [6.45, 7) is 4.22. The number of methoxy groups -OCH3 is 2. The Morgan fingerprint density at radius 2 is 1.67 bits per heavy atom. The van der Waals surface area contributed by atoms with Gasteiger partial charge in [-0.1, -0.05) is 48.0 Å². The average Bonchev–Trinajstić information content (AvgIpc) is 2.78. The van der Waals surface area contributed by atoms with Crippen molar-refractivity contribution in [2.75, 3.05) is 19.1 Å². The second-order valence-corrected chi connectivity index (χ2v) is 7.86. The van der Waals surface area contributed by atoms with E-state index in [0.717, 1.165) is 12.1 Å². The minimum Gasteiger partial charge on any atom is -0.493 e. The maximum atomic E-state index is 13.6. The number of carbonyl (C=O) groups excluding carboxylic acids is 1. The summed E-state index contributed by atoms with van der Waals surface area (Å²) in [6.07, 6.45) is 0.875. The van der Waals surface area contributed by atoms with Crippen LogP contribution in [0.25, 0.3) is 0 Å². The lowest BCUT2D eigenvalue weighted by molar-refractivity contribution is 0.0974. The highest BCUT2D eigenvalue weighted by atomic mass is 16.5. The third kappa shape index (κ3) is 3.54. The zero-order valence-electron chi connectivity index (χ0n) is 17.9. The van der Waals surface area contributed by atoms with Gasteiger partial charge in [-0.2, -0.15) is 0 Å². The quantitative estimate of drug-likeness (QED) is 0.573. The van der Waals surface area contributed by atoms with E-state index in [2.05, 4.69) is 56.3 Å². The number of ether oxygens (including phenoxy) is 2. The molecule has 4 rings (SSSR count). The molecular weight excluding hydrogens is 374 g/mol. The molecule has 1 aliphatic heterocycles. The molecule has 0 saturated heterocycles. The molecule has 154 valence electrons. The maximum absolute atomic E-state index is 13.6. The van der Waals surface area contributed by atoms with Crippen LogP contribution in [0.4, 0.5) is 5.69 Å². The van der Waals surface area contributed by atoms with Crippen molar-refractivity contribution in [3.05, 3.63) is 89.0 Å². The van der Waals surface area contributed by atoms with E-state index < -0.39 is 0 Å². The standard InChI is InChI=1S/C26H27NO3/c1-17-10-12-23-22(14-17)21(19-8-6-5-7-9-19)15-18(2)27(23)26(28)20-11-13-24(29-3)25(16-20)30-4/h5-14,16,18,21H,15H2,1-4H3. The molecule has 4 nitrogen and oxygen atoms in total. The Bertz CT molecular complexity index is 1060. The molecule has 1 aliphatic rings. The lowest BCUT2D eigenvalue weighted by Gasteiger charge is -2.40. The van der Waals surface area contributed by atoms with E-state index in [1.165, 1.54) is 16.7 Å². The van der Waals surface area contributed by atoms with Crippen molar-refractivity contribution in [2.45, 2.75) is 32.2 Å². The Balaban J connectivity index is 1.78. The van der Waals surface area contributed by atoms with Crippen LogP contribution in [0.3, 0.4) is 0 Å². The largest absolute Gasteiger partial charge is 0.493 e. The van der Waals surface area contributed by atoms with Gasteiger partial charge in [0.05, 0.1) is 14.2 Å². The molecule has 1 heterocycles. The summed E-state index contributed by atoms with van der Waals surface area (Å²) in [5.74, 6) is 1.41. The average molecular weight is 402 g/mol. The van der Waals surface area contributed by atoms with Gasteiger partial charge in [-0.05, 0) is 55.7 Å². The van der Waals surface area contributed by atoms with Crippen LogP contribution in [0.5, 0.6) is 11.5 Å². The zero-order valence-corrected chi connectivity index (χ0v) is 17.9. The highest BCUT2D eigenvalue weighted by Gasteiger charge is 2.35. The van der Waals surface area contributed by atoms with Crippen LogP contribution in [-0.4, -0.2) is 26.2 Å². The molecule has 0 aromatic heterocycles. The molecule has 0 saturated carbocycles. The third-order valence-electron chi connectivity index (χ3n) is 5.89. The molecule has 0 radical (unpaired) electrons. The number of benzene rings is 3. The Hall–Kier alpha value is -3.27. The van der Waals surface area contributed by atoms with Crippen LogP contribution < -0.4 is 14.4 Å². The van der Waals surface area contributed by atoms with E-state index in [4.69, 9.17) is 9.47 Å². The number of fused-ring (bicyclic) bond motifs is 1. The summed E-state index contributed by atoms with van der Waals surface area (Å²) >= 11 is 0. The highest BCUT2D eigenvalue weighted by Crippen LogP contribution is 2.43. The molecular formula is C26H27NO3. The maximum Gasteiger partial charge on any atom is 0.258 e. The predicted octanol–water partition coefficient (Wildman–Crippen LogP) is 5.58. The van der Waals surface area contributed by atoms with Gasteiger partial charge in [-0.25, -0.2) is 0 Å². The first kappa shape index (κ1) is 20.0. The Kier molecular flexibility index (Phi) is 5.49. The number of hydrogen-bond donors (Lipinski definition) is 0. The monoisotopic (exact) mass is 401 g/mol. The Labute approximate surface area is 178 Å². The molecule has 0 fully saturated rings. The van der Waals surface area contributed by atoms with Gasteiger partial charge in [-0.3, -0.25) is 4.79 Å². The first-order chi connectivity index (χ1) is 14.5. The highest BCUT2D eigenvalue weighted by molar-refractivity contribution is 6.07. The van der Waals surface area contributed by atoms with Gasteiger partial charge in [0, 0.05) is 23.2 Å². The smallest absolute Gasteiger partial charge is 0.258 e. The lowest BCUT2D eigenvalue weighted by Crippen LogP contribution is -2.43. The van der Waals surface area contributed by atoms with Gasteiger partial charge in [0.15, 0.2) is 11.5 Å². The molecule has 1 amide bonds. The molecule has 0 spiro atoms. The van der Waals surface area contributed by atoms with Gasteiger partial charge >= 0.3 is 0 Å². The number of nitrogens with zero attached hydrogens (tertiary/aromatic N) is 1. The molecule has 0 aliphatic carbocycles. The number of amides is 1. The second-order valence-electron chi connectivity index (χ2n) is 7.86. The topological polar surface area (TPSA) is 38.8 Å². The SMILES string of the molecule is COc1ccc(C(=O)N2c3ccc(C)cc3C(c3ccccc3)CC2C)cc1OC. The zero-order chi connectivity index (χ0) is 21.3. The molecule has 3 aromatic rings. The van der Waals surface area contributed by atoms with Gasteiger partial charge in [-0.15, -0.1) is 0 Å². The molecule has 3 aromatic carbocycles. The molecule has 2 unspecified atom stereocenters. The third-order valence-corrected chi connectivity index (χ3v) is 5.89. The van der Waals surface area contributed by atoms with Gasteiger partial charge in [0.1, 0.15) is 0 Å². The summed E-state index contributed by atoms with van der Waals surface area (Å²) in [5.41, 5.74) is 5.25. The molecule has 0 N–H and O–H groups in total. The van der Waals surface area contributed by atoms with Crippen LogP contribution in [-0.2, 0) is 0 Å². The lowest BCUT2D eigenvalue weighted by atomic mass is 9.80. The summed E-state index contributed by atoms with van der Waals surface area (Å²) in [7, 11) is 3.17. The van der Waals surface area contributed by atoms with E-state index in [1.807, 2.05) is 11.0 Å². The van der Waals surface area contributed by atoms with Crippen molar-refractivity contribution in [1.82, 2.24) is 0 Å². The fourth-order valence-electron chi connectivity index (χ4n) is 4.40. The summed E-state index contributed by atoms with van der Waals surface area (Å²) in [6, 6.07) is 22.3. The van der Waals surface area contributed by atoms with Crippen molar-refractivity contribution in [2.24, 2.45) is 0 Å². The summed E-state index contributed by atoms with van der Waals surface area (Å²) in [5, 5.41) is 0. The van der Waals surface area contributed by atoms with Crippen LogP contribution in [0, 0.1) is 6.92 Å². The fraction of sp³-hybridized carbons (Fsp3) is 0.269. The van der Waals surface area contributed by atoms with Crippen molar-refractivity contribution < 1.29 is 14.3 Å². The van der Waals surface area contributed by atoms with E-state index in [0.29, 0.717) is 17.1 Å². The molecule has 4 heteroatoms. The van der Waals surface area contributed by atoms with Crippen molar-refractivity contribution >= 4 is 11.6 Å². The van der Waals surface area contributed by atoms with Crippen molar-refractivity contribution in [1.29, 1.82) is 0 Å². The van der Waals surface area contributed by atoms with E-state index in [1.54, 1.807) is 32.4 Å². The summed E-state index contributed by atoms with van der Waals surface area (Å²) < 4.78 is 10.7. The number of hydrogen-bond acceptors (Lipinski definition) is 3. The minimum atomic E-state index is -0.0277. The predicted molar refractivity (Wildman–Crippen MR) is 120 cm³/mol. The molecule has 0 bridgehead atoms. The van der Waals surface area contributed by atoms with E-state index in [9.17, 15) is 4.79 Å². The normalized spacial score (nSPS) is 17.9. The summed E-state index contributed by atoms with van der Waals surface area (Å²) in [4.78, 5) is 15.5. The van der Waals surface area contributed by atoms with Crippen molar-refractivity contribution in [3.63, 3.8) is 0 Å². The second kappa shape index (κ2) is 8.23. The molecule has 30 heavy (non-hydrogen) atoms. The number of aryl methyl sites for hydroxylation is 1. The number of carbonyl (C=O) groups is 1. The van der Waals surface area contributed by atoms with Gasteiger partial charge < -0.3 is 14.4 Å². The molecule has 2 atom stereocenters. The van der Waals surface area contributed by atoms with Crippen LogP contribution in [0.15, 0.2) is 66.7 Å². The van der Waals surface area contributed by atoms with E-state index in [-0.39, 0.29) is 17.9 Å². The van der Waals surface area contributed by atoms with E-state index >= 15 is 0 Å².